The van der Waals surface area contributed by atoms with E-state index >= 15 is 0 Å². The molecule has 7 heteroatoms. The molecule has 2 aliphatic rings. The average Bonchev–Trinajstić information content (AvgIpc) is 3.39. The molecule has 1 aromatic rings. The fraction of sp³-hybridized carbons (Fsp3) is 0.700. The normalized spacial score (nSPS) is 18.9. The number of amides is 1. The minimum Gasteiger partial charge on any atom is -0.469 e. The first kappa shape index (κ1) is 19.7. The van der Waals surface area contributed by atoms with Crippen LogP contribution in [-0.2, 0) is 11.2 Å². The number of furan rings is 1. The van der Waals surface area contributed by atoms with Gasteiger partial charge in [-0.05, 0) is 31.4 Å². The molecule has 0 atom stereocenters. The van der Waals surface area contributed by atoms with E-state index in [4.69, 9.17) is 9.41 Å². The average molecular weight is 376 g/mol. The van der Waals surface area contributed by atoms with E-state index in [1.807, 2.05) is 17.0 Å². The lowest BCUT2D eigenvalue weighted by Gasteiger charge is -2.36. The lowest BCUT2D eigenvalue weighted by molar-refractivity contribution is -0.131. The zero-order valence-electron chi connectivity index (χ0n) is 16.5. The minimum atomic E-state index is 0.289. The van der Waals surface area contributed by atoms with Crippen LogP contribution >= 0.6 is 0 Å². The zero-order valence-corrected chi connectivity index (χ0v) is 16.5. The van der Waals surface area contributed by atoms with Gasteiger partial charge in [-0.3, -0.25) is 14.7 Å². The fourth-order valence-electron chi connectivity index (χ4n) is 3.61. The summed E-state index contributed by atoms with van der Waals surface area (Å²) < 4.78 is 5.40. The Morgan fingerprint density at radius 1 is 1.15 bits per heavy atom. The molecule has 0 saturated carbocycles. The maximum atomic E-state index is 12.3. The highest BCUT2D eigenvalue weighted by Gasteiger charge is 2.24. The first-order valence-electron chi connectivity index (χ1n) is 10.3. The van der Waals surface area contributed by atoms with E-state index in [1.54, 1.807) is 6.26 Å². The molecule has 0 aliphatic carbocycles. The van der Waals surface area contributed by atoms with Crippen molar-refractivity contribution >= 4 is 11.9 Å². The second kappa shape index (κ2) is 10.3. The topological polar surface area (TPSA) is 64.3 Å². The number of nitrogens with one attached hydrogen (secondary N) is 1. The first-order valence-corrected chi connectivity index (χ1v) is 10.3. The Labute approximate surface area is 162 Å². The number of carbonyl (C=O) groups excluding carboxylic acids is 1. The number of rotatable bonds is 7. The molecule has 2 aliphatic heterocycles. The molecule has 0 spiro atoms. The number of likely N-dealkylation sites (tertiary alicyclic amines) is 1. The SMILES string of the molecule is CCCN=C(NCCc1ccco1)N1CCN(CC(=O)N2CCCC2)CC1. The van der Waals surface area contributed by atoms with Crippen molar-refractivity contribution < 1.29 is 9.21 Å². The molecule has 1 aromatic heterocycles. The quantitative estimate of drug-likeness (QED) is 0.577. The van der Waals surface area contributed by atoms with Crippen LogP contribution in [0.2, 0.25) is 0 Å². The van der Waals surface area contributed by atoms with Crippen LogP contribution in [0.1, 0.15) is 31.9 Å². The van der Waals surface area contributed by atoms with E-state index in [1.165, 1.54) is 0 Å². The van der Waals surface area contributed by atoms with Gasteiger partial charge in [0, 0.05) is 58.8 Å². The molecule has 0 aromatic carbocycles. The van der Waals surface area contributed by atoms with Crippen molar-refractivity contribution in [2.24, 2.45) is 4.99 Å². The molecule has 150 valence electrons. The van der Waals surface area contributed by atoms with E-state index < -0.39 is 0 Å². The maximum absolute atomic E-state index is 12.3. The molecule has 0 unspecified atom stereocenters. The Kier molecular flexibility index (Phi) is 7.56. The number of guanidine groups is 1. The van der Waals surface area contributed by atoms with Gasteiger partial charge >= 0.3 is 0 Å². The molecule has 3 rings (SSSR count). The maximum Gasteiger partial charge on any atom is 0.236 e. The van der Waals surface area contributed by atoms with E-state index in [0.29, 0.717) is 6.54 Å². The third-order valence-electron chi connectivity index (χ3n) is 5.21. The number of piperazine rings is 1. The molecule has 1 N–H and O–H groups in total. The molecule has 0 radical (unpaired) electrons. The first-order chi connectivity index (χ1) is 13.3. The van der Waals surface area contributed by atoms with Gasteiger partial charge in [0.1, 0.15) is 5.76 Å². The summed E-state index contributed by atoms with van der Waals surface area (Å²) in [6.45, 7) is 9.84. The van der Waals surface area contributed by atoms with Crippen LogP contribution in [-0.4, -0.2) is 85.5 Å². The summed E-state index contributed by atoms with van der Waals surface area (Å²) in [5.74, 6) is 2.26. The van der Waals surface area contributed by atoms with Crippen molar-refractivity contribution in [2.75, 3.05) is 58.9 Å². The van der Waals surface area contributed by atoms with Gasteiger partial charge in [-0.2, -0.15) is 0 Å². The molecular formula is C20H33N5O2. The van der Waals surface area contributed by atoms with Gasteiger partial charge in [-0.15, -0.1) is 0 Å². The Morgan fingerprint density at radius 3 is 2.59 bits per heavy atom. The standard InChI is InChI=1S/C20H33N5O2/c1-2-8-21-20(22-9-7-18-6-5-16-27-18)25-14-12-23(13-15-25)17-19(26)24-10-3-4-11-24/h5-6,16H,2-4,7-15,17H2,1H3,(H,21,22). The smallest absolute Gasteiger partial charge is 0.236 e. The number of hydrogen-bond donors (Lipinski definition) is 1. The second-order valence-corrected chi connectivity index (χ2v) is 7.31. The van der Waals surface area contributed by atoms with Crippen molar-refractivity contribution in [2.45, 2.75) is 32.6 Å². The summed E-state index contributed by atoms with van der Waals surface area (Å²) in [7, 11) is 0. The van der Waals surface area contributed by atoms with Gasteiger partial charge in [0.25, 0.3) is 0 Å². The van der Waals surface area contributed by atoms with Gasteiger partial charge in [0.15, 0.2) is 5.96 Å². The predicted octanol–water partition coefficient (Wildman–Crippen LogP) is 1.42. The molecule has 0 bridgehead atoms. The lowest BCUT2D eigenvalue weighted by Crippen LogP contribution is -2.54. The highest BCUT2D eigenvalue weighted by molar-refractivity contribution is 5.80. The summed E-state index contributed by atoms with van der Waals surface area (Å²) in [5.41, 5.74) is 0. The predicted molar refractivity (Wildman–Crippen MR) is 107 cm³/mol. The van der Waals surface area contributed by atoms with Gasteiger partial charge < -0.3 is 19.5 Å². The highest BCUT2D eigenvalue weighted by Crippen LogP contribution is 2.09. The summed E-state index contributed by atoms with van der Waals surface area (Å²) in [6.07, 6.45) is 5.90. The Bertz CT molecular complexity index is 588. The second-order valence-electron chi connectivity index (χ2n) is 7.31. The van der Waals surface area contributed by atoms with Crippen LogP contribution in [0.15, 0.2) is 27.8 Å². The monoisotopic (exact) mass is 375 g/mol. The van der Waals surface area contributed by atoms with Gasteiger partial charge in [-0.1, -0.05) is 6.92 Å². The Balaban J connectivity index is 1.44. The number of hydrogen-bond acceptors (Lipinski definition) is 4. The minimum absolute atomic E-state index is 0.289. The largest absolute Gasteiger partial charge is 0.469 e. The van der Waals surface area contributed by atoms with E-state index in [-0.39, 0.29) is 5.91 Å². The summed E-state index contributed by atoms with van der Waals surface area (Å²) in [5, 5.41) is 3.49. The zero-order chi connectivity index (χ0) is 18.9. The number of aliphatic imine (C=N–C) groups is 1. The molecule has 27 heavy (non-hydrogen) atoms. The third-order valence-corrected chi connectivity index (χ3v) is 5.21. The van der Waals surface area contributed by atoms with Crippen LogP contribution in [0.3, 0.4) is 0 Å². The van der Waals surface area contributed by atoms with Crippen molar-refractivity contribution in [3.8, 4) is 0 Å². The summed E-state index contributed by atoms with van der Waals surface area (Å²) in [4.78, 5) is 23.7. The van der Waals surface area contributed by atoms with Gasteiger partial charge in [0.05, 0.1) is 12.8 Å². The van der Waals surface area contributed by atoms with Gasteiger partial charge in [0.2, 0.25) is 5.91 Å². The van der Waals surface area contributed by atoms with Crippen molar-refractivity contribution in [1.82, 2.24) is 20.0 Å². The molecule has 3 heterocycles. The summed E-state index contributed by atoms with van der Waals surface area (Å²) >= 11 is 0. The van der Waals surface area contributed by atoms with Crippen molar-refractivity contribution in [1.29, 1.82) is 0 Å². The Morgan fingerprint density at radius 2 is 1.93 bits per heavy atom. The molecular weight excluding hydrogens is 342 g/mol. The molecule has 2 fully saturated rings. The van der Waals surface area contributed by atoms with Crippen LogP contribution in [0.4, 0.5) is 0 Å². The third kappa shape index (κ3) is 5.99. The molecule has 7 nitrogen and oxygen atoms in total. The molecule has 2 saturated heterocycles. The van der Waals surface area contributed by atoms with Crippen LogP contribution in [0, 0.1) is 0 Å². The van der Waals surface area contributed by atoms with Gasteiger partial charge in [-0.25, -0.2) is 0 Å². The van der Waals surface area contributed by atoms with Crippen LogP contribution < -0.4 is 5.32 Å². The van der Waals surface area contributed by atoms with Crippen LogP contribution in [0.5, 0.6) is 0 Å². The molecule has 1 amide bonds. The summed E-state index contributed by atoms with van der Waals surface area (Å²) in [6, 6.07) is 3.92. The fourth-order valence-corrected chi connectivity index (χ4v) is 3.61. The van der Waals surface area contributed by atoms with E-state index in [9.17, 15) is 4.79 Å². The van der Waals surface area contributed by atoms with E-state index in [0.717, 1.165) is 89.8 Å². The van der Waals surface area contributed by atoms with Crippen molar-refractivity contribution in [3.05, 3.63) is 24.2 Å². The van der Waals surface area contributed by atoms with Crippen LogP contribution in [0.25, 0.3) is 0 Å². The Hall–Kier alpha value is -2.02. The highest BCUT2D eigenvalue weighted by atomic mass is 16.3. The van der Waals surface area contributed by atoms with Crippen molar-refractivity contribution in [3.63, 3.8) is 0 Å². The number of carbonyl (C=O) groups is 1. The number of nitrogens with zero attached hydrogens (tertiary/aromatic N) is 4. The lowest BCUT2D eigenvalue weighted by atomic mass is 10.3. The van der Waals surface area contributed by atoms with E-state index in [2.05, 4.69) is 22.0 Å².